The van der Waals surface area contributed by atoms with Crippen LogP contribution in [0.4, 0.5) is 0 Å². The number of piperidine rings is 1. The standard InChI is InChI=1S/C25H28N4O3/c1-28-17-10-11-18(28)13-19(12-17)32-21-14-20(25(30)31)26-24-22(21)23(15-6-5-7-15)27-29(24)16-8-3-2-4-9-16/h2-4,8-9,14-15,17-19H,5-7,10-13H2,1H3,(H,30,31)/t17-,18+,19+. The summed E-state index contributed by atoms with van der Waals surface area (Å²) in [6.45, 7) is 0. The van der Waals surface area contributed by atoms with Gasteiger partial charge in [-0.15, -0.1) is 0 Å². The Morgan fingerprint density at radius 1 is 1.09 bits per heavy atom. The van der Waals surface area contributed by atoms with Crippen molar-refractivity contribution in [1.82, 2.24) is 19.7 Å². The Morgan fingerprint density at radius 2 is 1.81 bits per heavy atom. The van der Waals surface area contributed by atoms with E-state index >= 15 is 0 Å². The molecular formula is C25H28N4O3. The Kier molecular flexibility index (Phi) is 4.68. The number of fused-ring (bicyclic) bond motifs is 3. The summed E-state index contributed by atoms with van der Waals surface area (Å²) in [4.78, 5) is 19.0. The number of rotatable bonds is 5. The minimum atomic E-state index is -1.05. The summed E-state index contributed by atoms with van der Waals surface area (Å²) in [5.74, 6) is -0.0485. The lowest BCUT2D eigenvalue weighted by molar-refractivity contribution is 0.0653. The van der Waals surface area contributed by atoms with Crippen molar-refractivity contribution in [3.05, 3.63) is 47.8 Å². The zero-order valence-corrected chi connectivity index (χ0v) is 18.3. The highest BCUT2D eigenvalue weighted by molar-refractivity contribution is 5.94. The van der Waals surface area contributed by atoms with Crippen LogP contribution in [0.15, 0.2) is 36.4 Å². The van der Waals surface area contributed by atoms with E-state index in [1.54, 1.807) is 10.7 Å². The van der Waals surface area contributed by atoms with Crippen molar-refractivity contribution in [2.45, 2.75) is 69.1 Å². The van der Waals surface area contributed by atoms with Crippen LogP contribution in [0.1, 0.15) is 67.0 Å². The van der Waals surface area contributed by atoms with E-state index in [1.807, 2.05) is 30.3 Å². The number of nitrogens with zero attached hydrogens (tertiary/aromatic N) is 4. The molecule has 1 aromatic carbocycles. The van der Waals surface area contributed by atoms with Gasteiger partial charge in [0.1, 0.15) is 11.9 Å². The third kappa shape index (κ3) is 3.18. The van der Waals surface area contributed by atoms with Gasteiger partial charge in [-0.3, -0.25) is 0 Å². The average molecular weight is 433 g/mol. The molecule has 2 bridgehead atoms. The highest BCUT2D eigenvalue weighted by atomic mass is 16.5. The van der Waals surface area contributed by atoms with E-state index in [0.29, 0.717) is 29.4 Å². The molecule has 32 heavy (non-hydrogen) atoms. The number of hydrogen-bond donors (Lipinski definition) is 1. The largest absolute Gasteiger partial charge is 0.489 e. The number of benzene rings is 1. The van der Waals surface area contributed by atoms with Crippen LogP contribution in [0.3, 0.4) is 0 Å². The molecule has 2 aromatic heterocycles. The fourth-order valence-electron chi connectivity index (χ4n) is 5.66. The number of aromatic carboxylic acids is 1. The molecule has 166 valence electrons. The molecule has 0 amide bonds. The van der Waals surface area contributed by atoms with Crippen molar-refractivity contribution in [2.24, 2.45) is 0 Å². The first-order valence-corrected chi connectivity index (χ1v) is 11.7. The van der Waals surface area contributed by atoms with E-state index in [2.05, 4.69) is 16.9 Å². The molecule has 7 heteroatoms. The molecule has 2 aliphatic heterocycles. The number of carboxylic acids is 1. The Balaban J connectivity index is 1.49. The van der Waals surface area contributed by atoms with Crippen molar-refractivity contribution in [1.29, 1.82) is 0 Å². The number of aromatic nitrogens is 3. The van der Waals surface area contributed by atoms with Crippen molar-refractivity contribution in [3.63, 3.8) is 0 Å². The summed E-state index contributed by atoms with van der Waals surface area (Å²) < 4.78 is 8.41. The van der Waals surface area contributed by atoms with E-state index in [1.165, 1.54) is 19.3 Å². The van der Waals surface area contributed by atoms with Crippen LogP contribution in [0.25, 0.3) is 16.7 Å². The quantitative estimate of drug-likeness (QED) is 0.644. The van der Waals surface area contributed by atoms with Crippen LogP contribution in [-0.4, -0.2) is 56.0 Å². The summed E-state index contributed by atoms with van der Waals surface area (Å²) in [5, 5.41) is 15.6. The lowest BCUT2D eigenvalue weighted by Gasteiger charge is -2.36. The maximum Gasteiger partial charge on any atom is 0.354 e. The third-order valence-corrected chi connectivity index (χ3v) is 7.69. The first kappa shape index (κ1) is 19.7. The van der Waals surface area contributed by atoms with Gasteiger partial charge in [0.15, 0.2) is 11.3 Å². The Labute approximate surface area is 187 Å². The van der Waals surface area contributed by atoms with E-state index in [9.17, 15) is 9.90 Å². The normalized spacial score (nSPS) is 25.7. The highest BCUT2D eigenvalue weighted by Crippen LogP contribution is 2.44. The topological polar surface area (TPSA) is 80.5 Å². The molecular weight excluding hydrogens is 404 g/mol. The molecule has 1 N–H and O–H groups in total. The van der Waals surface area contributed by atoms with Crippen LogP contribution in [0.5, 0.6) is 5.75 Å². The van der Waals surface area contributed by atoms with Gasteiger partial charge in [-0.25, -0.2) is 14.5 Å². The summed E-state index contributed by atoms with van der Waals surface area (Å²) in [7, 11) is 2.21. The number of carboxylic acid groups (broad SMARTS) is 1. The van der Waals surface area contributed by atoms with Crippen molar-refractivity contribution in [3.8, 4) is 11.4 Å². The third-order valence-electron chi connectivity index (χ3n) is 7.69. The van der Waals surface area contributed by atoms with Crippen LogP contribution in [0, 0.1) is 0 Å². The van der Waals surface area contributed by atoms with Gasteiger partial charge in [0.05, 0.1) is 16.8 Å². The van der Waals surface area contributed by atoms with E-state index in [-0.39, 0.29) is 11.8 Å². The number of para-hydroxylation sites is 1. The van der Waals surface area contributed by atoms with Crippen LogP contribution >= 0.6 is 0 Å². The number of carbonyl (C=O) groups is 1. The fourth-order valence-corrected chi connectivity index (χ4v) is 5.66. The van der Waals surface area contributed by atoms with Gasteiger partial charge in [0.25, 0.3) is 0 Å². The second-order valence-electron chi connectivity index (χ2n) is 9.53. The second kappa shape index (κ2) is 7.59. The van der Waals surface area contributed by atoms with E-state index in [0.717, 1.165) is 42.5 Å². The van der Waals surface area contributed by atoms with Gasteiger partial charge in [-0.2, -0.15) is 5.10 Å². The zero-order chi connectivity index (χ0) is 21.8. The first-order valence-electron chi connectivity index (χ1n) is 11.7. The fraction of sp³-hybridized carbons (Fsp3) is 0.480. The highest BCUT2D eigenvalue weighted by Gasteiger charge is 2.40. The van der Waals surface area contributed by atoms with Crippen molar-refractivity contribution >= 4 is 17.0 Å². The molecule has 3 aliphatic rings. The molecule has 4 heterocycles. The molecule has 0 spiro atoms. The van der Waals surface area contributed by atoms with Gasteiger partial charge in [-0.1, -0.05) is 24.6 Å². The van der Waals surface area contributed by atoms with Crippen LogP contribution in [0.2, 0.25) is 0 Å². The smallest absolute Gasteiger partial charge is 0.354 e. The predicted octanol–water partition coefficient (Wildman–Crippen LogP) is 4.39. The minimum Gasteiger partial charge on any atom is -0.489 e. The molecule has 0 unspecified atom stereocenters. The van der Waals surface area contributed by atoms with E-state index < -0.39 is 5.97 Å². The van der Waals surface area contributed by atoms with Gasteiger partial charge < -0.3 is 14.7 Å². The molecule has 3 aromatic rings. The Hall–Kier alpha value is -2.93. The van der Waals surface area contributed by atoms with Gasteiger partial charge in [0.2, 0.25) is 0 Å². The van der Waals surface area contributed by atoms with Gasteiger partial charge >= 0.3 is 5.97 Å². The molecule has 0 radical (unpaired) electrons. The molecule has 7 nitrogen and oxygen atoms in total. The molecule has 2 saturated heterocycles. The van der Waals surface area contributed by atoms with Crippen LogP contribution < -0.4 is 4.74 Å². The summed E-state index contributed by atoms with van der Waals surface area (Å²) in [6.07, 6.45) is 7.86. The Bertz CT molecular complexity index is 1160. The maximum atomic E-state index is 11.9. The molecule has 1 saturated carbocycles. The zero-order valence-electron chi connectivity index (χ0n) is 18.3. The minimum absolute atomic E-state index is 0.000593. The van der Waals surface area contributed by atoms with E-state index in [4.69, 9.17) is 9.84 Å². The average Bonchev–Trinajstić information content (AvgIpc) is 3.20. The first-order chi connectivity index (χ1) is 15.6. The number of ether oxygens (including phenoxy) is 1. The molecule has 6 rings (SSSR count). The molecule has 1 aliphatic carbocycles. The second-order valence-corrected chi connectivity index (χ2v) is 9.53. The lowest BCUT2D eigenvalue weighted by atomic mass is 9.82. The monoisotopic (exact) mass is 432 g/mol. The molecule has 3 atom stereocenters. The van der Waals surface area contributed by atoms with Gasteiger partial charge in [-0.05, 0) is 57.7 Å². The number of hydrogen-bond acceptors (Lipinski definition) is 5. The summed E-state index contributed by atoms with van der Waals surface area (Å²) in [5.41, 5.74) is 2.44. The van der Waals surface area contributed by atoms with Gasteiger partial charge in [0, 0.05) is 24.1 Å². The van der Waals surface area contributed by atoms with Crippen molar-refractivity contribution in [2.75, 3.05) is 7.05 Å². The number of pyridine rings is 1. The lowest BCUT2D eigenvalue weighted by Crippen LogP contribution is -2.43. The summed E-state index contributed by atoms with van der Waals surface area (Å²) >= 11 is 0. The SMILES string of the molecule is CN1[C@@H]2CC[C@H]1C[C@@H](Oc1cc(C(=O)O)nc3c1c(C1CCC1)nn3-c1ccccc1)C2. The Morgan fingerprint density at radius 3 is 2.44 bits per heavy atom. The van der Waals surface area contributed by atoms with Crippen molar-refractivity contribution < 1.29 is 14.6 Å². The summed E-state index contributed by atoms with van der Waals surface area (Å²) in [6, 6.07) is 12.5. The molecule has 3 fully saturated rings. The van der Waals surface area contributed by atoms with Crippen LogP contribution in [-0.2, 0) is 0 Å². The predicted molar refractivity (Wildman–Crippen MR) is 121 cm³/mol. The maximum absolute atomic E-state index is 11.9.